The summed E-state index contributed by atoms with van der Waals surface area (Å²) in [6, 6.07) is 9.52. The Morgan fingerprint density at radius 2 is 2.00 bits per heavy atom. The first-order valence-corrected chi connectivity index (χ1v) is 6.47. The van der Waals surface area contributed by atoms with Gasteiger partial charge in [-0.25, -0.2) is 14.2 Å². The Bertz CT molecular complexity index is 868. The maximum Gasteiger partial charge on any atom is 0.337 e. The van der Waals surface area contributed by atoms with Crippen molar-refractivity contribution in [3.05, 3.63) is 59.2 Å². The molecule has 2 aromatic carbocycles. The SMILES string of the molecule is Cc1cc(F)ccc1-n1c(C)nc2c(C(=O)O)cccc21. The van der Waals surface area contributed by atoms with E-state index in [1.54, 1.807) is 19.1 Å². The first-order valence-electron chi connectivity index (χ1n) is 6.47. The summed E-state index contributed by atoms with van der Waals surface area (Å²) in [4.78, 5) is 15.6. The van der Waals surface area contributed by atoms with E-state index < -0.39 is 5.97 Å². The molecule has 0 aliphatic carbocycles. The van der Waals surface area contributed by atoms with Crippen molar-refractivity contribution in [3.63, 3.8) is 0 Å². The van der Waals surface area contributed by atoms with Crippen molar-refractivity contribution in [1.82, 2.24) is 9.55 Å². The molecule has 3 rings (SSSR count). The molecule has 0 saturated carbocycles. The topological polar surface area (TPSA) is 55.1 Å². The summed E-state index contributed by atoms with van der Waals surface area (Å²) in [5, 5.41) is 9.25. The third-order valence-electron chi connectivity index (χ3n) is 3.48. The Balaban J connectivity index is 2.36. The third kappa shape index (κ3) is 2.07. The van der Waals surface area contributed by atoms with Crippen molar-refractivity contribution < 1.29 is 14.3 Å². The van der Waals surface area contributed by atoms with Crippen LogP contribution in [0.2, 0.25) is 0 Å². The summed E-state index contributed by atoms with van der Waals surface area (Å²) in [6.07, 6.45) is 0. The van der Waals surface area contributed by atoms with E-state index in [9.17, 15) is 14.3 Å². The lowest BCUT2D eigenvalue weighted by Gasteiger charge is -2.10. The molecule has 106 valence electrons. The van der Waals surface area contributed by atoms with E-state index in [0.717, 1.165) is 11.3 Å². The molecule has 0 aliphatic heterocycles. The second kappa shape index (κ2) is 4.70. The molecule has 5 heteroatoms. The van der Waals surface area contributed by atoms with Crippen molar-refractivity contribution >= 4 is 17.0 Å². The number of imidazole rings is 1. The molecule has 1 aromatic heterocycles. The average Bonchev–Trinajstić information content (AvgIpc) is 2.74. The van der Waals surface area contributed by atoms with Gasteiger partial charge in [0.05, 0.1) is 16.8 Å². The van der Waals surface area contributed by atoms with Gasteiger partial charge >= 0.3 is 5.97 Å². The Morgan fingerprint density at radius 1 is 1.24 bits per heavy atom. The van der Waals surface area contributed by atoms with Crippen molar-refractivity contribution in [2.24, 2.45) is 0 Å². The van der Waals surface area contributed by atoms with Crippen molar-refractivity contribution in [2.75, 3.05) is 0 Å². The number of carboxylic acid groups (broad SMARTS) is 1. The van der Waals surface area contributed by atoms with Gasteiger partial charge in [0.15, 0.2) is 0 Å². The second-order valence-corrected chi connectivity index (χ2v) is 4.90. The Hall–Kier alpha value is -2.69. The number of aromatic nitrogens is 2. The van der Waals surface area contributed by atoms with Crippen LogP contribution in [0, 0.1) is 19.7 Å². The summed E-state index contributed by atoms with van der Waals surface area (Å²) < 4.78 is 15.1. The standard InChI is InChI=1S/C16H13FN2O2/c1-9-8-11(17)6-7-13(9)19-10(2)18-15-12(16(20)21)4-3-5-14(15)19/h3-8H,1-2H3,(H,20,21). The van der Waals surface area contributed by atoms with E-state index in [0.29, 0.717) is 16.9 Å². The number of nitrogens with zero attached hydrogens (tertiary/aromatic N) is 2. The fourth-order valence-corrected chi connectivity index (χ4v) is 2.56. The minimum Gasteiger partial charge on any atom is -0.478 e. The number of hydrogen-bond acceptors (Lipinski definition) is 2. The van der Waals surface area contributed by atoms with Gasteiger partial charge in [0, 0.05) is 0 Å². The number of hydrogen-bond donors (Lipinski definition) is 1. The highest BCUT2D eigenvalue weighted by molar-refractivity contribution is 6.01. The molecule has 0 fully saturated rings. The molecular formula is C16H13FN2O2. The van der Waals surface area contributed by atoms with Gasteiger partial charge in [0.1, 0.15) is 17.2 Å². The van der Waals surface area contributed by atoms with E-state index in [1.165, 1.54) is 18.2 Å². The third-order valence-corrected chi connectivity index (χ3v) is 3.48. The largest absolute Gasteiger partial charge is 0.478 e. The van der Waals surface area contributed by atoms with Gasteiger partial charge in [-0.1, -0.05) is 6.07 Å². The normalized spacial score (nSPS) is 11.0. The van der Waals surface area contributed by atoms with E-state index in [2.05, 4.69) is 4.98 Å². The maximum absolute atomic E-state index is 13.3. The highest BCUT2D eigenvalue weighted by Crippen LogP contribution is 2.26. The number of benzene rings is 2. The molecule has 1 N–H and O–H groups in total. The zero-order chi connectivity index (χ0) is 15.1. The number of aryl methyl sites for hydroxylation is 2. The highest BCUT2D eigenvalue weighted by Gasteiger charge is 2.16. The number of halogens is 1. The lowest BCUT2D eigenvalue weighted by molar-refractivity contribution is 0.0699. The number of fused-ring (bicyclic) bond motifs is 1. The summed E-state index contributed by atoms with van der Waals surface area (Å²) in [7, 11) is 0. The molecule has 3 aromatic rings. The molecule has 0 unspecified atom stereocenters. The van der Waals surface area contributed by atoms with Gasteiger partial charge < -0.3 is 5.11 Å². The monoisotopic (exact) mass is 284 g/mol. The van der Waals surface area contributed by atoms with Crippen molar-refractivity contribution in [3.8, 4) is 5.69 Å². The van der Waals surface area contributed by atoms with Gasteiger partial charge in [-0.3, -0.25) is 4.57 Å². The molecule has 0 spiro atoms. The van der Waals surface area contributed by atoms with Crippen LogP contribution in [-0.2, 0) is 0 Å². The quantitative estimate of drug-likeness (QED) is 0.783. The predicted octanol–water partition coefficient (Wildman–Crippen LogP) is 3.48. The molecule has 0 aliphatic rings. The zero-order valence-electron chi connectivity index (χ0n) is 11.6. The van der Waals surface area contributed by atoms with Crippen LogP contribution in [0.25, 0.3) is 16.7 Å². The number of para-hydroxylation sites is 1. The summed E-state index contributed by atoms with van der Waals surface area (Å²) in [5.41, 5.74) is 2.85. The number of carboxylic acids is 1. The van der Waals surface area contributed by atoms with Crippen molar-refractivity contribution in [2.45, 2.75) is 13.8 Å². The molecule has 0 radical (unpaired) electrons. The number of rotatable bonds is 2. The Kier molecular flexibility index (Phi) is 2.97. The van der Waals surface area contributed by atoms with E-state index in [-0.39, 0.29) is 11.4 Å². The van der Waals surface area contributed by atoms with Gasteiger partial charge in [0.25, 0.3) is 0 Å². The average molecular weight is 284 g/mol. The van der Waals surface area contributed by atoms with Gasteiger partial charge in [-0.05, 0) is 49.7 Å². The summed E-state index contributed by atoms with van der Waals surface area (Å²) >= 11 is 0. The fraction of sp³-hybridized carbons (Fsp3) is 0.125. The first-order chi connectivity index (χ1) is 9.99. The van der Waals surface area contributed by atoms with Gasteiger partial charge in [-0.15, -0.1) is 0 Å². The van der Waals surface area contributed by atoms with E-state index in [4.69, 9.17) is 0 Å². The molecule has 1 heterocycles. The number of aromatic carboxylic acids is 1. The lowest BCUT2D eigenvalue weighted by Crippen LogP contribution is -2.00. The molecule has 0 atom stereocenters. The van der Waals surface area contributed by atoms with Gasteiger partial charge in [0.2, 0.25) is 0 Å². The van der Waals surface area contributed by atoms with Crippen LogP contribution in [0.1, 0.15) is 21.7 Å². The Morgan fingerprint density at radius 3 is 2.67 bits per heavy atom. The Labute approximate surface area is 120 Å². The lowest BCUT2D eigenvalue weighted by atomic mass is 10.1. The van der Waals surface area contributed by atoms with E-state index >= 15 is 0 Å². The maximum atomic E-state index is 13.3. The molecule has 21 heavy (non-hydrogen) atoms. The summed E-state index contributed by atoms with van der Waals surface area (Å²) in [5.74, 6) is -0.654. The molecule has 0 amide bonds. The molecule has 0 bridgehead atoms. The van der Waals surface area contributed by atoms with Crippen LogP contribution >= 0.6 is 0 Å². The molecular weight excluding hydrogens is 271 g/mol. The van der Waals surface area contributed by atoms with Crippen LogP contribution in [0.4, 0.5) is 4.39 Å². The fourth-order valence-electron chi connectivity index (χ4n) is 2.56. The first kappa shape index (κ1) is 13.3. The number of carbonyl (C=O) groups is 1. The highest BCUT2D eigenvalue weighted by atomic mass is 19.1. The van der Waals surface area contributed by atoms with E-state index in [1.807, 2.05) is 17.6 Å². The minimum atomic E-state index is -1.01. The predicted molar refractivity (Wildman–Crippen MR) is 77.5 cm³/mol. The zero-order valence-corrected chi connectivity index (χ0v) is 11.6. The van der Waals surface area contributed by atoms with Crippen LogP contribution in [0.3, 0.4) is 0 Å². The minimum absolute atomic E-state index is 0.161. The van der Waals surface area contributed by atoms with Gasteiger partial charge in [-0.2, -0.15) is 0 Å². The molecule has 4 nitrogen and oxygen atoms in total. The summed E-state index contributed by atoms with van der Waals surface area (Å²) in [6.45, 7) is 3.61. The van der Waals surface area contributed by atoms with Crippen LogP contribution in [0.15, 0.2) is 36.4 Å². The van der Waals surface area contributed by atoms with Crippen LogP contribution < -0.4 is 0 Å². The van der Waals surface area contributed by atoms with Crippen LogP contribution in [0.5, 0.6) is 0 Å². The van der Waals surface area contributed by atoms with Crippen molar-refractivity contribution in [1.29, 1.82) is 0 Å². The second-order valence-electron chi connectivity index (χ2n) is 4.90. The van der Waals surface area contributed by atoms with Crippen LogP contribution in [-0.4, -0.2) is 20.6 Å². The smallest absolute Gasteiger partial charge is 0.337 e. The molecule has 0 saturated heterocycles.